The number of aromatic nitrogens is 1. The highest BCUT2D eigenvalue weighted by Crippen LogP contribution is 2.41. The van der Waals surface area contributed by atoms with E-state index in [1.807, 2.05) is 41.3 Å². The number of hydrogen-bond acceptors (Lipinski definition) is 3. The number of nitrogens with zero attached hydrogens (tertiary/aromatic N) is 1. The second-order valence-electron chi connectivity index (χ2n) is 8.10. The van der Waals surface area contributed by atoms with Gasteiger partial charge in [0.05, 0.1) is 19.3 Å². The van der Waals surface area contributed by atoms with E-state index in [-0.39, 0.29) is 23.9 Å². The Hall–Kier alpha value is -2.34. The van der Waals surface area contributed by atoms with E-state index in [4.69, 9.17) is 16.3 Å². The van der Waals surface area contributed by atoms with Crippen molar-refractivity contribution < 1.29 is 14.6 Å². The number of ether oxygens (including phenoxy) is 1. The summed E-state index contributed by atoms with van der Waals surface area (Å²) in [6.07, 6.45) is 0.785. The van der Waals surface area contributed by atoms with Crippen LogP contribution in [0.2, 0.25) is 0 Å². The molecule has 0 aliphatic carbocycles. The minimum absolute atomic E-state index is 0.0295. The number of nitrogens with one attached hydrogen (secondary N) is 1. The zero-order valence-electron chi connectivity index (χ0n) is 16.2. The third-order valence-electron chi connectivity index (χ3n) is 6.22. The van der Waals surface area contributed by atoms with E-state index in [1.54, 1.807) is 0 Å². The second kappa shape index (κ2) is 6.87. The second-order valence-corrected chi connectivity index (χ2v) is 8.37. The largest absolute Gasteiger partial charge is 0.380 e. The molecular formula is C23H23ClN2O3. The Morgan fingerprint density at radius 2 is 1.97 bits per heavy atom. The van der Waals surface area contributed by atoms with Crippen LogP contribution in [-0.2, 0) is 21.6 Å². The van der Waals surface area contributed by atoms with Crippen molar-refractivity contribution in [3.63, 3.8) is 0 Å². The zero-order chi connectivity index (χ0) is 20.2. The van der Waals surface area contributed by atoms with Gasteiger partial charge in [-0.2, -0.15) is 0 Å². The van der Waals surface area contributed by atoms with Crippen LogP contribution in [0.15, 0.2) is 48.5 Å². The maximum absolute atomic E-state index is 12.8. The number of amides is 1. The van der Waals surface area contributed by atoms with Gasteiger partial charge in [0.15, 0.2) is 0 Å². The van der Waals surface area contributed by atoms with E-state index in [2.05, 4.69) is 24.0 Å². The maximum Gasteiger partial charge on any atom is 0.238 e. The summed E-state index contributed by atoms with van der Waals surface area (Å²) in [6.45, 7) is 2.70. The molecule has 1 fully saturated rings. The Labute approximate surface area is 174 Å². The Kier molecular flexibility index (Phi) is 4.42. The number of carbonyl (C=O) groups is 1. The molecule has 2 aliphatic rings. The molecular weight excluding hydrogens is 388 g/mol. The highest BCUT2D eigenvalue weighted by atomic mass is 35.5. The predicted octanol–water partition coefficient (Wildman–Crippen LogP) is 3.49. The number of H-pyrrole nitrogens is 1. The molecule has 29 heavy (non-hydrogen) atoms. The van der Waals surface area contributed by atoms with Gasteiger partial charge in [-0.1, -0.05) is 42.5 Å². The van der Waals surface area contributed by atoms with Crippen LogP contribution >= 0.6 is 11.6 Å². The molecule has 150 valence electrons. The van der Waals surface area contributed by atoms with Crippen molar-refractivity contribution in [1.29, 1.82) is 0 Å². The van der Waals surface area contributed by atoms with Crippen LogP contribution in [0, 0.1) is 0 Å². The summed E-state index contributed by atoms with van der Waals surface area (Å²) in [5, 5.41) is 11.7. The van der Waals surface area contributed by atoms with Crippen molar-refractivity contribution in [1.82, 2.24) is 9.88 Å². The molecule has 5 nitrogen and oxygen atoms in total. The van der Waals surface area contributed by atoms with E-state index >= 15 is 0 Å². The van der Waals surface area contributed by atoms with Crippen molar-refractivity contribution in [2.75, 3.05) is 19.1 Å². The van der Waals surface area contributed by atoms with Gasteiger partial charge in [0.2, 0.25) is 5.91 Å². The molecule has 2 N–H and O–H groups in total. The first-order chi connectivity index (χ1) is 14.0. The highest BCUT2D eigenvalue weighted by molar-refractivity contribution is 6.27. The average Bonchev–Trinajstić information content (AvgIpc) is 3.09. The SMILES string of the molecule is C[C@H]1Cc2c([nH]c3ccccc23)[C@H](c2ccc(C3(O)COC3)cc2)N1C(=O)CCl. The monoisotopic (exact) mass is 410 g/mol. The standard InChI is InChI=1S/C23H23ClN2O3/c1-14-10-18-17-4-2-3-5-19(17)25-21(18)22(26(14)20(27)11-24)15-6-8-16(9-7-15)23(28)12-29-13-23/h2-9,14,22,25,28H,10-13H2,1H3/t14-,22-/m0/s1. The van der Waals surface area contributed by atoms with Crippen molar-refractivity contribution in [2.45, 2.75) is 31.0 Å². The van der Waals surface area contributed by atoms with Gasteiger partial charge in [0, 0.05) is 22.6 Å². The van der Waals surface area contributed by atoms with Gasteiger partial charge in [-0.05, 0) is 36.1 Å². The molecule has 1 saturated heterocycles. The molecule has 0 bridgehead atoms. The molecule has 0 unspecified atom stereocenters. The molecule has 3 heterocycles. The van der Waals surface area contributed by atoms with E-state index in [1.165, 1.54) is 10.9 Å². The first-order valence-corrected chi connectivity index (χ1v) is 10.4. The summed E-state index contributed by atoms with van der Waals surface area (Å²) in [5.41, 5.74) is 4.30. The molecule has 3 aromatic rings. The third-order valence-corrected chi connectivity index (χ3v) is 6.45. The molecule has 0 radical (unpaired) electrons. The maximum atomic E-state index is 12.8. The minimum atomic E-state index is -0.906. The van der Waals surface area contributed by atoms with Gasteiger partial charge in [-0.3, -0.25) is 4.79 Å². The topological polar surface area (TPSA) is 65.6 Å². The van der Waals surface area contributed by atoms with Crippen LogP contribution in [0.25, 0.3) is 10.9 Å². The summed E-state index contributed by atoms with van der Waals surface area (Å²) >= 11 is 5.97. The number of carbonyl (C=O) groups excluding carboxylic acids is 1. The predicted molar refractivity (Wildman–Crippen MR) is 112 cm³/mol. The van der Waals surface area contributed by atoms with Crippen LogP contribution in [0.3, 0.4) is 0 Å². The van der Waals surface area contributed by atoms with E-state index in [0.717, 1.165) is 28.8 Å². The molecule has 2 aromatic carbocycles. The number of halogens is 1. The normalized spacial score (nSPS) is 22.9. The van der Waals surface area contributed by atoms with E-state index < -0.39 is 5.60 Å². The highest BCUT2D eigenvalue weighted by Gasteiger charge is 2.40. The molecule has 2 aliphatic heterocycles. The van der Waals surface area contributed by atoms with Gasteiger partial charge < -0.3 is 19.7 Å². The number of alkyl halides is 1. The molecule has 0 saturated carbocycles. The van der Waals surface area contributed by atoms with Crippen molar-refractivity contribution in [3.05, 3.63) is 70.9 Å². The summed E-state index contributed by atoms with van der Waals surface area (Å²) in [7, 11) is 0. The van der Waals surface area contributed by atoms with Gasteiger partial charge >= 0.3 is 0 Å². The third kappa shape index (κ3) is 2.88. The van der Waals surface area contributed by atoms with Crippen LogP contribution in [0.1, 0.15) is 35.3 Å². The van der Waals surface area contributed by atoms with Gasteiger partial charge in [-0.25, -0.2) is 0 Å². The Bertz CT molecular complexity index is 1070. The van der Waals surface area contributed by atoms with Crippen molar-refractivity contribution >= 4 is 28.4 Å². The van der Waals surface area contributed by atoms with Crippen LogP contribution in [0.5, 0.6) is 0 Å². The fourth-order valence-electron chi connectivity index (χ4n) is 4.69. The zero-order valence-corrected chi connectivity index (χ0v) is 16.9. The number of benzene rings is 2. The summed E-state index contributed by atoms with van der Waals surface area (Å²) in [6, 6.07) is 15.9. The Morgan fingerprint density at radius 1 is 1.24 bits per heavy atom. The van der Waals surface area contributed by atoms with Gasteiger partial charge in [-0.15, -0.1) is 11.6 Å². The Morgan fingerprint density at radius 3 is 2.62 bits per heavy atom. The summed E-state index contributed by atoms with van der Waals surface area (Å²) in [4.78, 5) is 18.2. The lowest BCUT2D eigenvalue weighted by atomic mass is 9.86. The lowest BCUT2D eigenvalue weighted by Crippen LogP contribution is -2.47. The van der Waals surface area contributed by atoms with Crippen LogP contribution in [-0.4, -0.2) is 46.0 Å². The van der Waals surface area contributed by atoms with Gasteiger partial charge in [0.1, 0.15) is 11.5 Å². The summed E-state index contributed by atoms with van der Waals surface area (Å²) in [5.74, 6) is -0.130. The number of aromatic amines is 1. The van der Waals surface area contributed by atoms with E-state index in [9.17, 15) is 9.90 Å². The molecule has 5 rings (SSSR count). The smallest absolute Gasteiger partial charge is 0.238 e. The lowest BCUT2D eigenvalue weighted by molar-refractivity contribution is -0.184. The molecule has 1 aromatic heterocycles. The fraction of sp³-hybridized carbons (Fsp3) is 0.348. The first kappa shape index (κ1) is 18.7. The van der Waals surface area contributed by atoms with Crippen LogP contribution in [0.4, 0.5) is 0 Å². The van der Waals surface area contributed by atoms with E-state index in [0.29, 0.717) is 13.2 Å². The summed E-state index contributed by atoms with van der Waals surface area (Å²) < 4.78 is 5.17. The molecule has 6 heteroatoms. The minimum Gasteiger partial charge on any atom is -0.380 e. The average molecular weight is 411 g/mol. The van der Waals surface area contributed by atoms with Crippen molar-refractivity contribution in [3.8, 4) is 0 Å². The van der Waals surface area contributed by atoms with Crippen molar-refractivity contribution in [2.24, 2.45) is 0 Å². The Balaban J connectivity index is 1.64. The van der Waals surface area contributed by atoms with Crippen LogP contribution < -0.4 is 0 Å². The number of fused-ring (bicyclic) bond motifs is 3. The molecule has 0 spiro atoms. The molecule has 1 amide bonds. The van der Waals surface area contributed by atoms with Gasteiger partial charge in [0.25, 0.3) is 0 Å². The first-order valence-electron chi connectivity index (χ1n) is 9.89. The number of hydrogen-bond donors (Lipinski definition) is 2. The fourth-order valence-corrected chi connectivity index (χ4v) is 4.82. The number of aliphatic hydroxyl groups is 1. The number of rotatable bonds is 3. The molecule has 2 atom stereocenters. The number of para-hydroxylation sites is 1. The lowest BCUT2D eigenvalue weighted by Gasteiger charge is -2.41. The quantitative estimate of drug-likeness (QED) is 0.649.